The van der Waals surface area contributed by atoms with E-state index in [0.717, 1.165) is 0 Å². The Bertz CT molecular complexity index is 668. The quantitative estimate of drug-likeness (QED) is 0.751. The van der Waals surface area contributed by atoms with E-state index in [1.54, 1.807) is 0 Å². The van der Waals surface area contributed by atoms with Crippen molar-refractivity contribution in [3.63, 3.8) is 0 Å². The lowest BCUT2D eigenvalue weighted by Gasteiger charge is -2.43. The van der Waals surface area contributed by atoms with Gasteiger partial charge in [0, 0.05) is 0 Å². The Morgan fingerprint density at radius 2 is 1.46 bits per heavy atom. The number of benzene rings is 2. The summed E-state index contributed by atoms with van der Waals surface area (Å²) in [5, 5.41) is 2.55. The molecule has 1 aliphatic rings. The van der Waals surface area contributed by atoms with Crippen molar-refractivity contribution in [1.29, 1.82) is 0 Å². The molecule has 1 aliphatic heterocycles. The first-order valence-corrected chi connectivity index (χ1v) is 11.2. The van der Waals surface area contributed by atoms with Gasteiger partial charge in [-0.3, -0.25) is 0 Å². The van der Waals surface area contributed by atoms with Crippen molar-refractivity contribution in [1.82, 2.24) is 0 Å². The summed E-state index contributed by atoms with van der Waals surface area (Å²) in [5.41, 5.74) is 0. The molecule has 0 saturated carbocycles. The van der Waals surface area contributed by atoms with E-state index < -0.39 is 14.1 Å². The summed E-state index contributed by atoms with van der Waals surface area (Å²) in [6, 6.07) is 21.4. The summed E-state index contributed by atoms with van der Waals surface area (Å²) in [4.78, 5) is 0. The lowest BCUT2D eigenvalue weighted by molar-refractivity contribution is -0.141. The predicted molar refractivity (Wildman–Crippen MR) is 108 cm³/mol. The average Bonchev–Trinajstić information content (AvgIpc) is 2.95. The van der Waals surface area contributed by atoms with Crippen LogP contribution >= 0.6 is 0 Å². The molecule has 0 N–H and O–H groups in total. The molecule has 0 radical (unpaired) electrons. The Morgan fingerprint density at radius 3 is 1.85 bits per heavy atom. The molecular formula is C22H30O3Si. The SMILES string of the molecule is CC1(C)OCC(CO[Si](c2ccccc2)(c2ccccc2)C(C)(C)C)O1. The maximum Gasteiger partial charge on any atom is 0.261 e. The van der Waals surface area contributed by atoms with Crippen LogP contribution in [0.1, 0.15) is 34.6 Å². The normalized spacial score (nSPS) is 20.3. The Balaban J connectivity index is 2.01. The zero-order chi connectivity index (χ0) is 18.8. The van der Waals surface area contributed by atoms with Crippen LogP contribution in [0.5, 0.6) is 0 Å². The molecule has 0 aromatic heterocycles. The molecule has 2 aromatic carbocycles. The smallest absolute Gasteiger partial charge is 0.261 e. The van der Waals surface area contributed by atoms with E-state index in [9.17, 15) is 0 Å². The Kier molecular flexibility index (Phi) is 5.40. The first kappa shape index (κ1) is 19.3. The zero-order valence-electron chi connectivity index (χ0n) is 16.5. The second kappa shape index (κ2) is 7.28. The second-order valence-corrected chi connectivity index (χ2v) is 12.7. The van der Waals surface area contributed by atoms with Crippen LogP contribution in [0.25, 0.3) is 0 Å². The van der Waals surface area contributed by atoms with E-state index >= 15 is 0 Å². The van der Waals surface area contributed by atoms with E-state index in [0.29, 0.717) is 13.2 Å². The van der Waals surface area contributed by atoms with Gasteiger partial charge in [-0.05, 0) is 29.3 Å². The minimum absolute atomic E-state index is 0.0231. The summed E-state index contributed by atoms with van der Waals surface area (Å²) >= 11 is 0. The van der Waals surface area contributed by atoms with Crippen LogP contribution in [-0.4, -0.2) is 33.4 Å². The average molecular weight is 371 g/mol. The summed E-state index contributed by atoms with van der Waals surface area (Å²) < 4.78 is 18.6. The highest BCUT2D eigenvalue weighted by Crippen LogP contribution is 2.37. The van der Waals surface area contributed by atoms with Gasteiger partial charge in [0.2, 0.25) is 0 Å². The molecule has 26 heavy (non-hydrogen) atoms. The van der Waals surface area contributed by atoms with E-state index in [1.165, 1.54) is 10.4 Å². The van der Waals surface area contributed by atoms with Crippen LogP contribution in [0.3, 0.4) is 0 Å². The molecule has 1 atom stereocenters. The Hall–Kier alpha value is -1.46. The van der Waals surface area contributed by atoms with Crippen LogP contribution in [0.15, 0.2) is 60.7 Å². The van der Waals surface area contributed by atoms with Gasteiger partial charge in [0.25, 0.3) is 8.32 Å². The van der Waals surface area contributed by atoms with Gasteiger partial charge in [0.1, 0.15) is 6.10 Å². The minimum atomic E-state index is -2.50. The molecule has 1 heterocycles. The van der Waals surface area contributed by atoms with Gasteiger partial charge in [-0.1, -0.05) is 81.4 Å². The van der Waals surface area contributed by atoms with Crippen LogP contribution in [0.4, 0.5) is 0 Å². The molecule has 1 fully saturated rings. The third kappa shape index (κ3) is 3.79. The molecule has 0 bridgehead atoms. The van der Waals surface area contributed by atoms with E-state index in [4.69, 9.17) is 13.9 Å². The molecule has 0 aliphatic carbocycles. The van der Waals surface area contributed by atoms with Gasteiger partial charge in [-0.25, -0.2) is 0 Å². The summed E-state index contributed by atoms with van der Waals surface area (Å²) in [6.07, 6.45) is -0.0355. The lowest BCUT2D eigenvalue weighted by Crippen LogP contribution is -2.67. The first-order chi connectivity index (χ1) is 12.2. The van der Waals surface area contributed by atoms with Gasteiger partial charge in [0.15, 0.2) is 5.79 Å². The van der Waals surface area contributed by atoms with Crippen LogP contribution < -0.4 is 10.4 Å². The lowest BCUT2D eigenvalue weighted by atomic mass is 10.2. The fourth-order valence-electron chi connectivity index (χ4n) is 3.82. The van der Waals surface area contributed by atoms with Gasteiger partial charge in [-0.15, -0.1) is 0 Å². The molecule has 1 saturated heterocycles. The maximum absolute atomic E-state index is 6.88. The number of hydrogen-bond acceptors (Lipinski definition) is 3. The molecule has 1 unspecified atom stereocenters. The van der Waals surface area contributed by atoms with Crippen molar-refractivity contribution in [2.24, 2.45) is 0 Å². The van der Waals surface area contributed by atoms with E-state index in [1.807, 2.05) is 13.8 Å². The van der Waals surface area contributed by atoms with Gasteiger partial charge in [-0.2, -0.15) is 0 Å². The molecular weight excluding hydrogens is 340 g/mol. The number of ether oxygens (including phenoxy) is 2. The molecule has 4 heteroatoms. The molecule has 3 rings (SSSR count). The minimum Gasteiger partial charge on any atom is -0.405 e. The number of hydrogen-bond donors (Lipinski definition) is 0. The van der Waals surface area contributed by atoms with E-state index in [-0.39, 0.29) is 11.1 Å². The summed E-state index contributed by atoms with van der Waals surface area (Å²) in [7, 11) is -2.50. The van der Waals surface area contributed by atoms with Crippen LogP contribution in [0, 0.1) is 0 Å². The maximum atomic E-state index is 6.88. The standard InChI is InChI=1S/C22H30O3Si/c1-21(2,3)26(19-12-8-6-9-13-19,20-14-10-7-11-15-20)24-17-18-16-23-22(4,5)25-18/h6-15,18H,16-17H2,1-5H3. The topological polar surface area (TPSA) is 27.7 Å². The largest absolute Gasteiger partial charge is 0.405 e. The summed E-state index contributed by atoms with van der Waals surface area (Å²) in [6.45, 7) is 11.9. The van der Waals surface area contributed by atoms with Crippen molar-refractivity contribution >= 4 is 18.7 Å². The van der Waals surface area contributed by atoms with Crippen molar-refractivity contribution in [3.05, 3.63) is 60.7 Å². The van der Waals surface area contributed by atoms with Gasteiger partial charge in [0.05, 0.1) is 13.2 Å². The monoisotopic (exact) mass is 370 g/mol. The van der Waals surface area contributed by atoms with Gasteiger partial charge >= 0.3 is 0 Å². The number of rotatable bonds is 5. The third-order valence-corrected chi connectivity index (χ3v) is 9.97. The molecule has 2 aromatic rings. The highest BCUT2D eigenvalue weighted by molar-refractivity contribution is 6.99. The van der Waals surface area contributed by atoms with Crippen LogP contribution in [0.2, 0.25) is 5.04 Å². The van der Waals surface area contributed by atoms with Gasteiger partial charge < -0.3 is 13.9 Å². The fraction of sp³-hybridized carbons (Fsp3) is 0.455. The van der Waals surface area contributed by atoms with Crippen molar-refractivity contribution in [2.45, 2.75) is 51.5 Å². The molecule has 0 spiro atoms. The summed E-state index contributed by atoms with van der Waals surface area (Å²) in [5.74, 6) is -0.528. The Labute approximate surface area is 158 Å². The molecule has 140 valence electrons. The van der Waals surface area contributed by atoms with E-state index in [2.05, 4.69) is 81.4 Å². The second-order valence-electron chi connectivity index (χ2n) is 8.42. The third-order valence-electron chi connectivity index (χ3n) is 4.97. The zero-order valence-corrected chi connectivity index (χ0v) is 17.5. The van der Waals surface area contributed by atoms with Crippen molar-refractivity contribution in [3.8, 4) is 0 Å². The Morgan fingerprint density at radius 1 is 0.962 bits per heavy atom. The van der Waals surface area contributed by atoms with Crippen molar-refractivity contribution in [2.75, 3.05) is 13.2 Å². The molecule has 3 nitrogen and oxygen atoms in total. The first-order valence-electron chi connectivity index (χ1n) is 9.31. The highest BCUT2D eigenvalue weighted by atomic mass is 28.4. The molecule has 0 amide bonds. The fourth-order valence-corrected chi connectivity index (χ4v) is 8.42. The predicted octanol–water partition coefficient (Wildman–Crippen LogP) is 3.71. The van der Waals surface area contributed by atoms with Crippen molar-refractivity contribution < 1.29 is 13.9 Å². The highest BCUT2D eigenvalue weighted by Gasteiger charge is 2.50. The van der Waals surface area contributed by atoms with Crippen LogP contribution in [-0.2, 0) is 13.9 Å².